The molecule has 1 aliphatic rings. The third kappa shape index (κ3) is 54.9. The normalized spacial score (nSPS) is 14.4. The molecule has 4 unspecified atom stereocenters. The van der Waals surface area contributed by atoms with Gasteiger partial charge in [0, 0.05) is 55.6 Å². The van der Waals surface area contributed by atoms with Gasteiger partial charge < -0.3 is 61.4 Å². The molecular formula is C75H138N4O12. The second kappa shape index (κ2) is 44.3. The topological polar surface area (TPSA) is 256 Å². The van der Waals surface area contributed by atoms with Gasteiger partial charge in [0.15, 0.2) is 0 Å². The average molecular weight is 1290 g/mol. The maximum Gasteiger partial charge on any atom is 0.338 e. The van der Waals surface area contributed by atoms with Gasteiger partial charge in [0.05, 0.1) is 30.3 Å². The van der Waals surface area contributed by atoms with Crippen molar-refractivity contribution in [3.05, 3.63) is 59.2 Å². The number of aryl methyl sites for hydroxylation is 1. The number of carbonyl (C=O) groups is 4. The molecule has 0 radical (unpaired) electrons. The molecular weight excluding hydrogens is 1150 g/mol. The number of aliphatic hydroxyl groups excluding tert-OH is 3. The Morgan fingerprint density at radius 3 is 1.36 bits per heavy atom. The zero-order chi connectivity index (χ0) is 72.9. The van der Waals surface area contributed by atoms with E-state index in [1.165, 1.54) is 31.1 Å². The largest absolute Gasteiger partial charge is 0.508 e. The minimum Gasteiger partial charge on any atom is -0.508 e. The van der Waals surface area contributed by atoms with Gasteiger partial charge in [0.1, 0.15) is 34.7 Å². The number of benzene rings is 2. The van der Waals surface area contributed by atoms with Crippen LogP contribution >= 0.6 is 0 Å². The number of esters is 1. The summed E-state index contributed by atoms with van der Waals surface area (Å²) in [7, 11) is 1.84. The fourth-order valence-corrected chi connectivity index (χ4v) is 7.43. The highest BCUT2D eigenvalue weighted by atomic mass is 16.6. The van der Waals surface area contributed by atoms with Crippen LogP contribution in [0.15, 0.2) is 36.9 Å². The molecule has 1 heterocycles. The molecule has 10 N–H and O–H groups in total. The Hall–Kier alpha value is -5.34. The Morgan fingerprint density at radius 2 is 1.07 bits per heavy atom. The summed E-state index contributed by atoms with van der Waals surface area (Å²) in [6.45, 7) is 65.6. The van der Waals surface area contributed by atoms with Crippen molar-refractivity contribution in [2.75, 3.05) is 33.2 Å². The Balaban J connectivity index is -0.000000315. The summed E-state index contributed by atoms with van der Waals surface area (Å²) in [5, 5.41) is 68.7. The highest BCUT2D eigenvalue weighted by Crippen LogP contribution is 2.40. The lowest BCUT2D eigenvalue weighted by atomic mass is 9.82. The van der Waals surface area contributed by atoms with Gasteiger partial charge in [-0.3, -0.25) is 14.4 Å². The van der Waals surface area contributed by atoms with Gasteiger partial charge in [-0.05, 0) is 142 Å². The Labute approximate surface area is 556 Å². The number of fused-ring (bicyclic) bond motifs is 1. The zero-order valence-electron chi connectivity index (χ0n) is 63.3. The number of carbonyl (C=O) groups excluding carboxylic acids is 4. The molecule has 3 amide bonds. The van der Waals surface area contributed by atoms with E-state index in [-0.39, 0.29) is 92.3 Å². The van der Waals surface area contributed by atoms with E-state index in [0.717, 1.165) is 44.3 Å². The second-order valence-electron chi connectivity index (χ2n) is 32.5. The van der Waals surface area contributed by atoms with Crippen molar-refractivity contribution in [2.45, 2.75) is 289 Å². The van der Waals surface area contributed by atoms with Gasteiger partial charge in [-0.2, -0.15) is 0 Å². The van der Waals surface area contributed by atoms with Crippen molar-refractivity contribution in [1.82, 2.24) is 21.3 Å². The van der Waals surface area contributed by atoms with E-state index in [0.29, 0.717) is 53.6 Å². The van der Waals surface area contributed by atoms with Crippen LogP contribution < -0.4 is 26.0 Å². The summed E-state index contributed by atoms with van der Waals surface area (Å²) >= 11 is 0. The van der Waals surface area contributed by atoms with Crippen LogP contribution in [-0.4, -0.2) is 118 Å². The van der Waals surface area contributed by atoms with Gasteiger partial charge in [0.25, 0.3) is 0 Å². The number of phenols is 3. The van der Waals surface area contributed by atoms with E-state index in [9.17, 15) is 49.8 Å². The lowest BCUT2D eigenvalue weighted by Gasteiger charge is -2.39. The van der Waals surface area contributed by atoms with E-state index in [4.69, 9.17) is 15.9 Å². The van der Waals surface area contributed by atoms with Crippen molar-refractivity contribution in [1.29, 1.82) is 0 Å². The number of likely N-dealkylation sites (N-methyl/N-ethyl adjacent to an activating group) is 1. The molecule has 0 fully saturated rings. The molecule has 0 bridgehead atoms. The Kier molecular flexibility index (Phi) is 45.9. The highest BCUT2D eigenvalue weighted by Gasteiger charge is 2.38. The van der Waals surface area contributed by atoms with Crippen LogP contribution in [0.4, 0.5) is 0 Å². The predicted molar refractivity (Wildman–Crippen MR) is 381 cm³/mol. The van der Waals surface area contributed by atoms with Crippen molar-refractivity contribution in [3.8, 4) is 35.3 Å². The fraction of sp³-hybridized carbons (Fsp3) is 0.733. The predicted octanol–water partition coefficient (Wildman–Crippen LogP) is 15.3. The summed E-state index contributed by atoms with van der Waals surface area (Å²) in [5.41, 5.74) is 2.91. The number of phenolic OH excluding ortho intramolecular Hbond substituents is 3. The second-order valence-corrected chi connectivity index (χ2v) is 32.5. The average Bonchev–Trinajstić information content (AvgIpc) is 0.807. The van der Waals surface area contributed by atoms with Crippen LogP contribution in [0.3, 0.4) is 0 Å². The molecule has 4 atom stereocenters. The molecule has 2 aromatic rings. The van der Waals surface area contributed by atoms with Crippen LogP contribution in [0.25, 0.3) is 0 Å². The number of ether oxygens (including phenoxy) is 2. The highest BCUT2D eigenvalue weighted by molar-refractivity contribution is 5.91. The molecule has 16 nitrogen and oxygen atoms in total. The monoisotopic (exact) mass is 1290 g/mol. The maximum absolute atomic E-state index is 11.6. The van der Waals surface area contributed by atoms with Gasteiger partial charge in [-0.25, -0.2) is 4.79 Å². The van der Waals surface area contributed by atoms with Gasteiger partial charge >= 0.3 is 5.97 Å². The van der Waals surface area contributed by atoms with Gasteiger partial charge in [-0.1, -0.05) is 185 Å². The molecule has 3 rings (SSSR count). The molecule has 2 aromatic carbocycles. The first-order valence-electron chi connectivity index (χ1n) is 32.7. The third-order valence-corrected chi connectivity index (χ3v) is 13.3. The van der Waals surface area contributed by atoms with Gasteiger partial charge in [-0.15, -0.1) is 6.42 Å². The number of aliphatic hydroxyl groups is 3. The Morgan fingerprint density at radius 1 is 0.648 bits per heavy atom. The molecule has 530 valence electrons. The maximum atomic E-state index is 11.6. The number of nitrogens with one attached hydrogen (secondary N) is 4. The number of amides is 3. The van der Waals surface area contributed by atoms with Crippen molar-refractivity contribution in [3.63, 3.8) is 0 Å². The first-order chi connectivity index (χ1) is 40.9. The summed E-state index contributed by atoms with van der Waals surface area (Å²) in [6.07, 6.45) is 12.8. The summed E-state index contributed by atoms with van der Waals surface area (Å²) in [4.78, 5) is 44.0. The first-order valence-corrected chi connectivity index (χ1v) is 32.7. The van der Waals surface area contributed by atoms with Crippen molar-refractivity contribution >= 4 is 23.7 Å². The number of hydrogen-bond donors (Lipinski definition) is 10. The number of hydrogen-bond acceptors (Lipinski definition) is 13. The molecule has 0 saturated carbocycles. The molecule has 91 heavy (non-hydrogen) atoms. The minimum absolute atomic E-state index is 0.00299. The minimum atomic E-state index is -0.604. The SMILES string of the molecule is C#CCC(=O)NCCC(C)(C)C.C=CC(=O)NCCC(C)(C)C.CCC(=O)NCCC(C)(C)C.CCC(O)C(C)(C)C.CCCC(C)(C)C.CNCC(O)C(C)(C)C.Cc1c(O)cc(C(=O)OC(C)(C)C)cc1O.Cc1cc(O)c2c(c1)OC(C(C)(C)C)C(O)C2. The fourth-order valence-electron chi connectivity index (χ4n) is 7.43. The van der Waals surface area contributed by atoms with Crippen molar-refractivity contribution < 1.29 is 59.3 Å². The summed E-state index contributed by atoms with van der Waals surface area (Å²) in [5.74, 6) is 2.40. The molecule has 16 heteroatoms. The van der Waals surface area contributed by atoms with E-state index in [1.54, 1.807) is 33.8 Å². The molecule has 1 aliphatic heterocycles. The standard InChI is InChI=1S/C14H20O3.C12H16O4.C10H17NO.C9H19NO.C9H17NO.C7H17NO.C7H16O.C7H16/c1-8-5-10(15)9-7-11(16)13(14(2,3)4)17-12(9)6-8;1-7-9(13)5-8(6-10(7)14)11(15)16-12(2,3)4;1-5-6-9(12)11-8-7-10(2,3)4;2*1-5-8(11)10-7-6-9(2,3)4;1-7(2,3)6(9)5-8-4;1-5-6(8)7(2,3)4;1-5-6-7(2,3)4/h5-6,11,13,15-16H,7H2,1-4H3;5-6,13-14H,1-4H3;1H,6-8H2,2-4H3,(H,11,12);5-7H2,1-4H3,(H,10,11);5H,1,6-7H2,2-4H3,(H,10,11);6,8-9H,5H2,1-4H3;6,8H,5H2,1-4H3;5-6H2,1-4H3. The quantitative estimate of drug-likeness (QED) is 0.0480. The van der Waals surface area contributed by atoms with Crippen LogP contribution in [0, 0.1) is 64.1 Å². The lowest BCUT2D eigenvalue weighted by Crippen LogP contribution is -2.46. The van der Waals surface area contributed by atoms with E-state index in [1.807, 2.05) is 96.2 Å². The summed E-state index contributed by atoms with van der Waals surface area (Å²) in [6, 6.07) is 6.18. The van der Waals surface area contributed by atoms with Crippen LogP contribution in [0.2, 0.25) is 0 Å². The van der Waals surface area contributed by atoms with E-state index in [2.05, 4.69) is 124 Å². The lowest BCUT2D eigenvalue weighted by molar-refractivity contribution is -0.121. The molecule has 0 aromatic heterocycles. The number of aromatic hydroxyl groups is 3. The van der Waals surface area contributed by atoms with Crippen molar-refractivity contribution in [2.24, 2.45) is 37.9 Å². The third-order valence-electron chi connectivity index (χ3n) is 13.3. The molecule has 0 aliphatic carbocycles. The van der Waals surface area contributed by atoms with Crippen LogP contribution in [0.5, 0.6) is 23.0 Å². The number of rotatable bonds is 14. The van der Waals surface area contributed by atoms with E-state index >= 15 is 0 Å². The van der Waals surface area contributed by atoms with Gasteiger partial charge in [0.2, 0.25) is 17.7 Å². The number of terminal acetylenes is 1. The summed E-state index contributed by atoms with van der Waals surface area (Å²) < 4.78 is 11.0. The zero-order valence-corrected chi connectivity index (χ0v) is 63.3. The molecule has 0 spiro atoms. The Bertz CT molecular complexity index is 2380. The first kappa shape index (κ1) is 94.4. The smallest absolute Gasteiger partial charge is 0.338 e. The van der Waals surface area contributed by atoms with E-state index < -0.39 is 17.7 Å². The molecule has 0 saturated heterocycles. The van der Waals surface area contributed by atoms with Crippen LogP contribution in [0.1, 0.15) is 265 Å². The van der Waals surface area contributed by atoms with Crippen LogP contribution in [-0.2, 0) is 25.5 Å².